The Kier molecular flexibility index (Phi) is 4.27. The van der Waals surface area contributed by atoms with E-state index < -0.39 is 5.97 Å². The Morgan fingerprint density at radius 1 is 1.45 bits per heavy atom. The minimum atomic E-state index is -1.05. The van der Waals surface area contributed by atoms with Crippen molar-refractivity contribution in [2.24, 2.45) is 0 Å². The molecule has 0 aromatic carbocycles. The molecule has 0 saturated heterocycles. The largest absolute Gasteiger partial charge is 0.478 e. The molecule has 2 aromatic rings. The number of carboxylic acid groups (broad SMARTS) is 1. The number of nitrogens with zero attached hydrogens (tertiary/aromatic N) is 1. The molecule has 0 aliphatic rings. The number of anilines is 1. The van der Waals surface area contributed by atoms with Crippen LogP contribution in [0, 0.1) is 6.92 Å². The van der Waals surface area contributed by atoms with Gasteiger partial charge in [0.1, 0.15) is 5.00 Å². The summed E-state index contributed by atoms with van der Waals surface area (Å²) < 4.78 is 0. The second-order valence-corrected chi connectivity index (χ2v) is 5.27. The van der Waals surface area contributed by atoms with Crippen molar-refractivity contribution in [3.8, 4) is 0 Å². The fourth-order valence-corrected chi connectivity index (χ4v) is 2.47. The molecule has 0 fully saturated rings. The van der Waals surface area contributed by atoms with Crippen LogP contribution in [0.4, 0.5) is 5.00 Å². The molecule has 0 atom stereocenters. The van der Waals surface area contributed by atoms with Crippen LogP contribution in [0.15, 0.2) is 36.7 Å². The Labute approximate surface area is 119 Å². The number of pyridine rings is 1. The third-order valence-electron chi connectivity index (χ3n) is 2.43. The van der Waals surface area contributed by atoms with Gasteiger partial charge in [-0.25, -0.2) is 4.79 Å². The number of aryl methyl sites for hydroxylation is 1. The molecule has 6 heteroatoms. The van der Waals surface area contributed by atoms with E-state index in [4.69, 9.17) is 5.11 Å². The summed E-state index contributed by atoms with van der Waals surface area (Å²) in [4.78, 5) is 27.5. The number of amides is 1. The summed E-state index contributed by atoms with van der Waals surface area (Å²) in [6, 6.07) is 5.12. The van der Waals surface area contributed by atoms with Gasteiger partial charge in [-0.05, 0) is 30.7 Å². The normalized spacial score (nSPS) is 10.7. The molecule has 0 spiro atoms. The summed E-state index contributed by atoms with van der Waals surface area (Å²) in [6.07, 6.45) is 6.23. The molecule has 0 saturated carbocycles. The first-order valence-corrected chi connectivity index (χ1v) is 6.61. The molecule has 2 rings (SSSR count). The molecule has 1 amide bonds. The molecule has 0 unspecified atom stereocenters. The lowest BCUT2D eigenvalue weighted by Crippen LogP contribution is -2.09. The Bertz CT molecular complexity index is 662. The smallest absolute Gasteiger partial charge is 0.338 e. The summed E-state index contributed by atoms with van der Waals surface area (Å²) in [5.74, 6) is -1.43. The third kappa shape index (κ3) is 3.52. The molecule has 5 nitrogen and oxygen atoms in total. The van der Waals surface area contributed by atoms with Gasteiger partial charge < -0.3 is 10.4 Å². The van der Waals surface area contributed by atoms with Crippen molar-refractivity contribution in [1.82, 2.24) is 4.98 Å². The topological polar surface area (TPSA) is 79.3 Å². The monoisotopic (exact) mass is 288 g/mol. The van der Waals surface area contributed by atoms with Crippen LogP contribution in [0.1, 0.15) is 20.8 Å². The fourth-order valence-electron chi connectivity index (χ4n) is 1.57. The van der Waals surface area contributed by atoms with Crippen LogP contribution in [0.5, 0.6) is 0 Å². The van der Waals surface area contributed by atoms with E-state index in [0.29, 0.717) is 5.00 Å². The molecule has 102 valence electrons. The first-order valence-electron chi connectivity index (χ1n) is 5.79. The van der Waals surface area contributed by atoms with Gasteiger partial charge in [0.2, 0.25) is 5.91 Å². The van der Waals surface area contributed by atoms with Gasteiger partial charge in [-0.15, -0.1) is 11.3 Å². The molecule has 2 aromatic heterocycles. The van der Waals surface area contributed by atoms with Crippen molar-refractivity contribution in [2.45, 2.75) is 6.92 Å². The molecule has 0 aliphatic carbocycles. The Morgan fingerprint density at radius 2 is 2.25 bits per heavy atom. The predicted molar refractivity (Wildman–Crippen MR) is 77.9 cm³/mol. The van der Waals surface area contributed by atoms with E-state index in [0.717, 1.165) is 10.4 Å². The maximum Gasteiger partial charge on any atom is 0.338 e. The number of hydrogen-bond acceptors (Lipinski definition) is 4. The zero-order valence-corrected chi connectivity index (χ0v) is 11.5. The van der Waals surface area contributed by atoms with Gasteiger partial charge in [0.05, 0.1) is 5.56 Å². The lowest BCUT2D eigenvalue weighted by Gasteiger charge is -2.00. The van der Waals surface area contributed by atoms with E-state index in [2.05, 4.69) is 10.3 Å². The van der Waals surface area contributed by atoms with E-state index in [9.17, 15) is 9.59 Å². The highest BCUT2D eigenvalue weighted by molar-refractivity contribution is 7.16. The lowest BCUT2D eigenvalue weighted by molar-refractivity contribution is -0.111. The van der Waals surface area contributed by atoms with E-state index >= 15 is 0 Å². The van der Waals surface area contributed by atoms with Crippen LogP contribution < -0.4 is 5.32 Å². The van der Waals surface area contributed by atoms with Crippen molar-refractivity contribution < 1.29 is 14.7 Å². The van der Waals surface area contributed by atoms with Gasteiger partial charge >= 0.3 is 5.97 Å². The number of carbonyl (C=O) groups is 2. The van der Waals surface area contributed by atoms with E-state index in [1.54, 1.807) is 31.5 Å². The van der Waals surface area contributed by atoms with Crippen LogP contribution >= 0.6 is 11.3 Å². The number of aromatic nitrogens is 1. The Morgan fingerprint density at radius 3 is 2.90 bits per heavy atom. The van der Waals surface area contributed by atoms with Crippen molar-refractivity contribution >= 4 is 34.3 Å². The van der Waals surface area contributed by atoms with Crippen LogP contribution in [-0.2, 0) is 4.79 Å². The molecule has 0 radical (unpaired) electrons. The van der Waals surface area contributed by atoms with Gasteiger partial charge in [-0.3, -0.25) is 9.78 Å². The number of nitrogens with one attached hydrogen (secondary N) is 1. The van der Waals surface area contributed by atoms with Crippen molar-refractivity contribution in [3.63, 3.8) is 0 Å². The Hall–Kier alpha value is -2.47. The molecule has 2 heterocycles. The maximum atomic E-state index is 11.8. The summed E-state index contributed by atoms with van der Waals surface area (Å²) in [5, 5.41) is 11.9. The average molecular weight is 288 g/mol. The number of rotatable bonds is 4. The van der Waals surface area contributed by atoms with Crippen LogP contribution in [0.25, 0.3) is 6.08 Å². The number of carboxylic acids is 1. The summed E-state index contributed by atoms with van der Waals surface area (Å²) in [6.45, 7) is 1.79. The highest BCUT2D eigenvalue weighted by atomic mass is 32.1. The molecular formula is C14H12N2O3S. The quantitative estimate of drug-likeness (QED) is 0.848. The maximum absolute atomic E-state index is 11.8. The van der Waals surface area contributed by atoms with Crippen LogP contribution in [0.2, 0.25) is 0 Å². The highest BCUT2D eigenvalue weighted by Crippen LogP contribution is 2.27. The van der Waals surface area contributed by atoms with Crippen LogP contribution in [-0.4, -0.2) is 22.0 Å². The van der Waals surface area contributed by atoms with Gasteiger partial charge in [-0.1, -0.05) is 6.07 Å². The number of carbonyl (C=O) groups excluding carboxylic acids is 1. The fraction of sp³-hybridized carbons (Fsp3) is 0.0714. The minimum Gasteiger partial charge on any atom is -0.478 e. The predicted octanol–water partition coefficient (Wildman–Crippen LogP) is 2.80. The Balaban J connectivity index is 2.09. The van der Waals surface area contributed by atoms with Gasteiger partial charge in [0.15, 0.2) is 0 Å². The number of aromatic carboxylic acids is 1. The molecule has 0 aliphatic heterocycles. The summed E-state index contributed by atoms with van der Waals surface area (Å²) in [7, 11) is 0. The van der Waals surface area contributed by atoms with Gasteiger partial charge in [-0.2, -0.15) is 0 Å². The van der Waals surface area contributed by atoms with E-state index in [1.165, 1.54) is 23.5 Å². The first kappa shape index (κ1) is 14.0. The molecular weight excluding hydrogens is 276 g/mol. The molecule has 20 heavy (non-hydrogen) atoms. The number of thiophene rings is 1. The number of hydrogen-bond donors (Lipinski definition) is 2. The van der Waals surface area contributed by atoms with E-state index in [1.807, 2.05) is 6.07 Å². The molecule has 2 N–H and O–H groups in total. The second-order valence-electron chi connectivity index (χ2n) is 4.01. The van der Waals surface area contributed by atoms with Gasteiger partial charge in [0.25, 0.3) is 0 Å². The van der Waals surface area contributed by atoms with Crippen molar-refractivity contribution in [3.05, 3.63) is 52.7 Å². The van der Waals surface area contributed by atoms with E-state index in [-0.39, 0.29) is 11.5 Å². The van der Waals surface area contributed by atoms with Gasteiger partial charge in [0, 0.05) is 23.3 Å². The zero-order valence-electron chi connectivity index (χ0n) is 10.7. The summed E-state index contributed by atoms with van der Waals surface area (Å²) in [5.41, 5.74) is 0.902. The second kappa shape index (κ2) is 6.12. The van der Waals surface area contributed by atoms with Crippen molar-refractivity contribution in [2.75, 3.05) is 5.32 Å². The third-order valence-corrected chi connectivity index (χ3v) is 3.40. The highest BCUT2D eigenvalue weighted by Gasteiger charge is 2.14. The minimum absolute atomic E-state index is 0.107. The van der Waals surface area contributed by atoms with Crippen LogP contribution in [0.3, 0.4) is 0 Å². The average Bonchev–Trinajstić information content (AvgIpc) is 2.79. The standard InChI is InChI=1S/C14H12N2O3S/c1-9-7-11(14(18)19)13(20-9)16-12(17)5-4-10-3-2-6-15-8-10/h2-8H,1H3,(H,16,17)(H,18,19). The zero-order chi connectivity index (χ0) is 14.5. The SMILES string of the molecule is Cc1cc(C(=O)O)c(NC(=O)C=Cc2cccnc2)s1. The lowest BCUT2D eigenvalue weighted by atomic mass is 10.2. The summed E-state index contributed by atoms with van der Waals surface area (Å²) >= 11 is 1.23. The first-order chi connectivity index (χ1) is 9.56. The van der Waals surface area contributed by atoms with Crippen molar-refractivity contribution in [1.29, 1.82) is 0 Å². The molecule has 0 bridgehead atoms.